The van der Waals surface area contributed by atoms with Crippen molar-refractivity contribution in [1.29, 1.82) is 0 Å². The first-order valence-corrected chi connectivity index (χ1v) is 3.58. The van der Waals surface area contributed by atoms with Crippen molar-refractivity contribution in [3.8, 4) is 0 Å². The molecule has 0 rings (SSSR count). The summed E-state index contributed by atoms with van der Waals surface area (Å²) in [6.07, 6.45) is -5.90. The van der Waals surface area contributed by atoms with Crippen LogP contribution in [0.1, 0.15) is 19.8 Å². The predicted molar refractivity (Wildman–Crippen MR) is 37.1 cm³/mol. The maximum atomic E-state index is 11.6. The molecule has 0 saturated carbocycles. The molecule has 13 heavy (non-hydrogen) atoms. The Morgan fingerprint density at radius 3 is 2.15 bits per heavy atom. The van der Waals surface area contributed by atoms with Gasteiger partial charge in [-0.25, -0.2) is 0 Å². The third kappa shape index (κ3) is 4.49. The van der Waals surface area contributed by atoms with Gasteiger partial charge in [-0.1, -0.05) is 6.92 Å². The van der Waals surface area contributed by atoms with Gasteiger partial charge in [0.25, 0.3) is 0 Å². The second kappa shape index (κ2) is 4.25. The molecule has 0 aliphatic carbocycles. The molecule has 0 heterocycles. The molecule has 0 aromatic rings. The van der Waals surface area contributed by atoms with E-state index in [1.165, 1.54) is 6.92 Å². The number of carbonyl (C=O) groups is 2. The van der Waals surface area contributed by atoms with Crippen molar-refractivity contribution in [3.63, 3.8) is 0 Å². The average molecular weight is 198 g/mol. The molecule has 1 atom stereocenters. The van der Waals surface area contributed by atoms with E-state index in [1.807, 2.05) is 0 Å². The first-order valence-electron chi connectivity index (χ1n) is 3.58. The third-order valence-corrected chi connectivity index (χ3v) is 1.54. The minimum absolute atomic E-state index is 0.284. The van der Waals surface area contributed by atoms with Crippen LogP contribution in [-0.4, -0.2) is 23.0 Å². The molecule has 0 aromatic carbocycles. The molecule has 76 valence electrons. The van der Waals surface area contributed by atoms with Gasteiger partial charge < -0.3 is 5.11 Å². The Morgan fingerprint density at radius 1 is 1.38 bits per heavy atom. The van der Waals surface area contributed by atoms with E-state index in [0.29, 0.717) is 0 Å². The van der Waals surface area contributed by atoms with Gasteiger partial charge in [-0.05, 0) is 6.42 Å². The van der Waals surface area contributed by atoms with Gasteiger partial charge in [0.2, 0.25) is 5.78 Å². The molecule has 3 nitrogen and oxygen atoms in total. The highest BCUT2D eigenvalue weighted by atomic mass is 19.4. The average Bonchev–Trinajstić information content (AvgIpc) is 1.97. The van der Waals surface area contributed by atoms with Gasteiger partial charge in [0.05, 0.1) is 5.92 Å². The number of carboxylic acids is 1. The highest BCUT2D eigenvalue weighted by molar-refractivity contribution is 5.84. The van der Waals surface area contributed by atoms with Gasteiger partial charge in [-0.3, -0.25) is 9.59 Å². The summed E-state index contributed by atoms with van der Waals surface area (Å²) >= 11 is 0. The standard InChI is InChI=1S/C7H9F3O3/c1-4(6(12)13)2-3-5(11)7(8,9)10/h4H,2-3H2,1H3,(H,12,13). The fraction of sp³-hybridized carbons (Fsp3) is 0.714. The van der Waals surface area contributed by atoms with Gasteiger partial charge in [0.15, 0.2) is 0 Å². The van der Waals surface area contributed by atoms with Crippen molar-refractivity contribution < 1.29 is 27.9 Å². The first-order chi connectivity index (χ1) is 5.75. The quantitative estimate of drug-likeness (QED) is 0.746. The van der Waals surface area contributed by atoms with Crippen molar-refractivity contribution >= 4 is 11.8 Å². The zero-order valence-corrected chi connectivity index (χ0v) is 6.89. The summed E-state index contributed by atoms with van der Waals surface area (Å²) in [7, 11) is 0. The Labute approximate surface area is 72.5 Å². The molecule has 1 N–H and O–H groups in total. The van der Waals surface area contributed by atoms with E-state index < -0.39 is 30.3 Å². The molecule has 0 aliphatic heterocycles. The number of Topliss-reactive ketones (excluding diaryl/α,β-unsaturated/α-hetero) is 1. The summed E-state index contributed by atoms with van der Waals surface area (Å²) in [6, 6.07) is 0. The van der Waals surface area contributed by atoms with Gasteiger partial charge in [0.1, 0.15) is 0 Å². The Hall–Kier alpha value is -1.07. The van der Waals surface area contributed by atoms with Crippen molar-refractivity contribution in [1.82, 2.24) is 0 Å². The number of rotatable bonds is 4. The monoisotopic (exact) mass is 198 g/mol. The van der Waals surface area contributed by atoms with Crippen LogP contribution in [0.4, 0.5) is 13.2 Å². The number of hydrogen-bond donors (Lipinski definition) is 1. The molecule has 0 amide bonds. The number of halogens is 3. The van der Waals surface area contributed by atoms with E-state index in [2.05, 4.69) is 0 Å². The molecule has 0 aromatic heterocycles. The molecular weight excluding hydrogens is 189 g/mol. The number of ketones is 1. The number of hydrogen-bond acceptors (Lipinski definition) is 2. The Morgan fingerprint density at radius 2 is 1.85 bits per heavy atom. The Balaban J connectivity index is 3.91. The second-order valence-corrected chi connectivity index (χ2v) is 2.70. The summed E-state index contributed by atoms with van der Waals surface area (Å²) in [5.74, 6) is -4.00. The van der Waals surface area contributed by atoms with E-state index in [9.17, 15) is 22.8 Å². The molecule has 0 saturated heterocycles. The van der Waals surface area contributed by atoms with Gasteiger partial charge >= 0.3 is 12.1 Å². The largest absolute Gasteiger partial charge is 0.481 e. The van der Waals surface area contributed by atoms with Crippen LogP contribution in [0.5, 0.6) is 0 Å². The minimum Gasteiger partial charge on any atom is -0.481 e. The molecule has 1 unspecified atom stereocenters. The number of carboxylic acid groups (broad SMARTS) is 1. The van der Waals surface area contributed by atoms with E-state index in [0.717, 1.165) is 0 Å². The van der Waals surface area contributed by atoms with Crippen LogP contribution >= 0.6 is 0 Å². The van der Waals surface area contributed by atoms with Crippen molar-refractivity contribution in [2.75, 3.05) is 0 Å². The van der Waals surface area contributed by atoms with E-state index in [-0.39, 0.29) is 6.42 Å². The summed E-state index contributed by atoms with van der Waals surface area (Å²) in [5.41, 5.74) is 0. The van der Waals surface area contributed by atoms with Crippen LogP contribution in [0.15, 0.2) is 0 Å². The Kier molecular flexibility index (Phi) is 3.90. The van der Waals surface area contributed by atoms with Crippen LogP contribution in [0, 0.1) is 5.92 Å². The number of alkyl halides is 3. The lowest BCUT2D eigenvalue weighted by Gasteiger charge is -2.06. The van der Waals surface area contributed by atoms with E-state index in [4.69, 9.17) is 5.11 Å². The van der Waals surface area contributed by atoms with E-state index >= 15 is 0 Å². The maximum absolute atomic E-state index is 11.6. The summed E-state index contributed by atoms with van der Waals surface area (Å²) in [6.45, 7) is 1.26. The lowest BCUT2D eigenvalue weighted by Crippen LogP contribution is -2.23. The van der Waals surface area contributed by atoms with Crippen LogP contribution < -0.4 is 0 Å². The first kappa shape index (κ1) is 11.9. The fourth-order valence-electron chi connectivity index (χ4n) is 0.613. The van der Waals surface area contributed by atoms with E-state index in [1.54, 1.807) is 0 Å². The summed E-state index contributed by atoms with van der Waals surface area (Å²) in [4.78, 5) is 20.4. The van der Waals surface area contributed by atoms with Crippen molar-refractivity contribution in [2.45, 2.75) is 25.9 Å². The highest BCUT2D eigenvalue weighted by Gasteiger charge is 2.37. The summed E-state index contributed by atoms with van der Waals surface area (Å²) < 4.78 is 34.8. The Bertz CT molecular complexity index is 210. The van der Waals surface area contributed by atoms with Crippen LogP contribution in [0.2, 0.25) is 0 Å². The molecule has 0 aliphatic rings. The number of carbonyl (C=O) groups excluding carboxylic acids is 1. The lowest BCUT2D eigenvalue weighted by molar-refractivity contribution is -0.171. The zero-order valence-electron chi connectivity index (χ0n) is 6.89. The smallest absolute Gasteiger partial charge is 0.449 e. The van der Waals surface area contributed by atoms with Crippen LogP contribution in [0.25, 0.3) is 0 Å². The lowest BCUT2D eigenvalue weighted by atomic mass is 10.0. The second-order valence-electron chi connectivity index (χ2n) is 2.70. The van der Waals surface area contributed by atoms with Gasteiger partial charge in [-0.2, -0.15) is 13.2 Å². The minimum atomic E-state index is -4.85. The highest BCUT2D eigenvalue weighted by Crippen LogP contribution is 2.20. The molecule has 0 fully saturated rings. The molecule has 0 bridgehead atoms. The molecule has 0 spiro atoms. The third-order valence-electron chi connectivity index (χ3n) is 1.54. The SMILES string of the molecule is CC(CCC(=O)C(F)(F)F)C(=O)O. The maximum Gasteiger partial charge on any atom is 0.449 e. The molecule has 6 heteroatoms. The van der Waals surface area contributed by atoms with Crippen molar-refractivity contribution in [3.05, 3.63) is 0 Å². The number of aliphatic carboxylic acids is 1. The van der Waals surface area contributed by atoms with Crippen molar-refractivity contribution in [2.24, 2.45) is 5.92 Å². The topological polar surface area (TPSA) is 54.4 Å². The molecular formula is C7H9F3O3. The van der Waals surface area contributed by atoms with Gasteiger partial charge in [-0.15, -0.1) is 0 Å². The zero-order chi connectivity index (χ0) is 10.6. The van der Waals surface area contributed by atoms with Crippen LogP contribution in [0.3, 0.4) is 0 Å². The summed E-state index contributed by atoms with van der Waals surface area (Å²) in [5, 5.41) is 8.31. The van der Waals surface area contributed by atoms with Crippen LogP contribution in [-0.2, 0) is 9.59 Å². The van der Waals surface area contributed by atoms with Gasteiger partial charge in [0, 0.05) is 6.42 Å². The normalized spacial score (nSPS) is 13.8. The fourth-order valence-corrected chi connectivity index (χ4v) is 0.613. The predicted octanol–water partition coefficient (Wildman–Crippen LogP) is 1.62. The molecule has 0 radical (unpaired) electrons.